The summed E-state index contributed by atoms with van der Waals surface area (Å²) in [6.07, 6.45) is 7.15. The van der Waals surface area contributed by atoms with Crippen molar-refractivity contribution in [1.82, 2.24) is 5.32 Å². The molecule has 4 aliphatic rings. The summed E-state index contributed by atoms with van der Waals surface area (Å²) in [5, 5.41) is 3.07. The normalized spacial score (nSPS) is 30.9. The van der Waals surface area contributed by atoms with Crippen molar-refractivity contribution in [1.29, 1.82) is 0 Å². The Kier molecular flexibility index (Phi) is 5.79. The molecule has 162 valence electrons. The Morgan fingerprint density at radius 3 is 2.63 bits per heavy atom. The molecule has 6 nitrogen and oxygen atoms in total. The Labute approximate surface area is 177 Å². The second kappa shape index (κ2) is 8.67. The number of ether oxygens (including phenoxy) is 3. The number of hydrogen-bond donors (Lipinski definition) is 1. The van der Waals surface area contributed by atoms with Crippen LogP contribution in [0.2, 0.25) is 0 Å². The Morgan fingerprint density at radius 1 is 1.03 bits per heavy atom. The van der Waals surface area contributed by atoms with Crippen molar-refractivity contribution in [3.8, 4) is 5.75 Å². The fraction of sp³-hybridized carbons (Fsp3) is 0.667. The molecule has 0 bridgehead atoms. The van der Waals surface area contributed by atoms with Gasteiger partial charge in [-0.25, -0.2) is 0 Å². The van der Waals surface area contributed by atoms with Gasteiger partial charge in [-0.2, -0.15) is 0 Å². The molecule has 30 heavy (non-hydrogen) atoms. The van der Waals surface area contributed by atoms with Crippen LogP contribution in [-0.2, 0) is 14.3 Å². The van der Waals surface area contributed by atoms with Crippen molar-refractivity contribution in [2.24, 2.45) is 17.8 Å². The van der Waals surface area contributed by atoms with E-state index in [1.807, 2.05) is 24.3 Å². The highest BCUT2D eigenvalue weighted by atomic mass is 16.6. The monoisotopic (exact) mass is 413 g/mol. The summed E-state index contributed by atoms with van der Waals surface area (Å²) in [4.78, 5) is 25.0. The lowest BCUT2D eigenvalue weighted by Crippen LogP contribution is -2.44. The average Bonchev–Trinajstić information content (AvgIpc) is 3.15. The van der Waals surface area contributed by atoms with E-state index in [1.54, 1.807) is 0 Å². The molecule has 0 aromatic heterocycles. The Morgan fingerprint density at radius 2 is 1.83 bits per heavy atom. The molecule has 4 fully saturated rings. The molecule has 0 radical (unpaired) electrons. The minimum Gasteiger partial charge on any atom is -0.493 e. The molecule has 2 heterocycles. The molecule has 0 unspecified atom stereocenters. The molecule has 2 aliphatic heterocycles. The van der Waals surface area contributed by atoms with Crippen LogP contribution in [0.4, 0.5) is 0 Å². The largest absolute Gasteiger partial charge is 0.493 e. The number of carbonyl (C=O) groups is 2. The van der Waals surface area contributed by atoms with Crippen molar-refractivity contribution in [3.05, 3.63) is 29.8 Å². The van der Waals surface area contributed by atoms with Gasteiger partial charge in [-0.3, -0.25) is 9.59 Å². The van der Waals surface area contributed by atoms with Gasteiger partial charge in [-0.1, -0.05) is 25.0 Å². The number of rotatable bonds is 8. The number of ketones is 1. The quantitative estimate of drug-likeness (QED) is 0.663. The third kappa shape index (κ3) is 4.40. The first-order valence-electron chi connectivity index (χ1n) is 11.5. The van der Waals surface area contributed by atoms with E-state index in [9.17, 15) is 9.59 Å². The minimum absolute atomic E-state index is 0.0217. The van der Waals surface area contributed by atoms with Crippen LogP contribution < -0.4 is 10.1 Å². The summed E-state index contributed by atoms with van der Waals surface area (Å²) in [6.45, 7) is 1.69. The van der Waals surface area contributed by atoms with Crippen LogP contribution in [0.5, 0.6) is 5.75 Å². The lowest BCUT2D eigenvalue weighted by Gasteiger charge is -2.17. The first-order chi connectivity index (χ1) is 14.7. The summed E-state index contributed by atoms with van der Waals surface area (Å²) in [7, 11) is 0. The fourth-order valence-corrected chi connectivity index (χ4v) is 5.03. The smallest absolute Gasteiger partial charge is 0.223 e. The second-order valence-electron chi connectivity index (χ2n) is 9.36. The van der Waals surface area contributed by atoms with Gasteiger partial charge < -0.3 is 19.5 Å². The maximum atomic E-state index is 12.9. The molecule has 5 rings (SSSR count). The number of amides is 1. The van der Waals surface area contributed by atoms with Crippen molar-refractivity contribution in [3.63, 3.8) is 0 Å². The Balaban J connectivity index is 1.15. The van der Waals surface area contributed by atoms with E-state index in [2.05, 4.69) is 5.32 Å². The molecule has 1 aromatic rings. The van der Waals surface area contributed by atoms with Gasteiger partial charge in [-0.15, -0.1) is 0 Å². The van der Waals surface area contributed by atoms with Gasteiger partial charge in [0.25, 0.3) is 0 Å². The van der Waals surface area contributed by atoms with E-state index in [0.29, 0.717) is 31.1 Å². The van der Waals surface area contributed by atoms with Gasteiger partial charge in [-0.05, 0) is 43.7 Å². The maximum Gasteiger partial charge on any atom is 0.223 e. The molecule has 6 heteroatoms. The average molecular weight is 414 g/mol. The zero-order valence-electron chi connectivity index (χ0n) is 17.4. The summed E-state index contributed by atoms with van der Waals surface area (Å²) < 4.78 is 17.8. The van der Waals surface area contributed by atoms with E-state index in [-0.39, 0.29) is 41.8 Å². The summed E-state index contributed by atoms with van der Waals surface area (Å²) in [5.41, 5.74) is 0.680. The van der Waals surface area contributed by atoms with E-state index in [4.69, 9.17) is 14.2 Å². The van der Waals surface area contributed by atoms with Crippen LogP contribution in [0.25, 0.3) is 0 Å². The van der Waals surface area contributed by atoms with Crippen LogP contribution in [0.1, 0.15) is 55.3 Å². The number of carbonyl (C=O) groups excluding carboxylic acids is 2. The Bertz CT molecular complexity index is 786. The SMILES string of the molecule is O=C(C[C@H]1CO[C@H]2[C@@H]1OC[C@@H]2NC(=O)C1CC1)c1cccc(OCC2CCCC2)c1. The van der Waals surface area contributed by atoms with E-state index >= 15 is 0 Å². The van der Waals surface area contributed by atoms with Gasteiger partial charge in [0.1, 0.15) is 11.9 Å². The van der Waals surface area contributed by atoms with Crippen LogP contribution in [0.3, 0.4) is 0 Å². The zero-order valence-corrected chi connectivity index (χ0v) is 17.4. The van der Waals surface area contributed by atoms with Crippen molar-refractivity contribution >= 4 is 11.7 Å². The molecule has 2 saturated heterocycles. The second-order valence-corrected chi connectivity index (χ2v) is 9.36. The molecule has 0 spiro atoms. The highest BCUT2D eigenvalue weighted by Gasteiger charge is 2.49. The number of fused-ring (bicyclic) bond motifs is 1. The van der Waals surface area contributed by atoms with E-state index in [1.165, 1.54) is 25.7 Å². The van der Waals surface area contributed by atoms with Gasteiger partial charge in [0, 0.05) is 23.8 Å². The third-order valence-corrected chi connectivity index (χ3v) is 7.00. The summed E-state index contributed by atoms with van der Waals surface area (Å²) in [6, 6.07) is 7.43. The van der Waals surface area contributed by atoms with Crippen molar-refractivity contribution in [2.75, 3.05) is 19.8 Å². The first kappa shape index (κ1) is 20.0. The summed E-state index contributed by atoms with van der Waals surface area (Å²) >= 11 is 0. The Hall–Kier alpha value is -1.92. The maximum absolute atomic E-state index is 12.9. The summed E-state index contributed by atoms with van der Waals surface area (Å²) in [5.74, 6) is 1.81. The predicted octanol–water partition coefficient (Wildman–Crippen LogP) is 3.14. The topological polar surface area (TPSA) is 73.9 Å². The van der Waals surface area contributed by atoms with Crippen LogP contribution in [-0.4, -0.2) is 49.8 Å². The predicted molar refractivity (Wildman–Crippen MR) is 110 cm³/mol. The molecule has 1 amide bonds. The lowest BCUT2D eigenvalue weighted by atomic mass is 9.92. The molecular weight excluding hydrogens is 382 g/mol. The molecular formula is C24H31NO5. The van der Waals surface area contributed by atoms with Gasteiger partial charge >= 0.3 is 0 Å². The fourth-order valence-electron chi connectivity index (χ4n) is 5.03. The molecule has 2 saturated carbocycles. The lowest BCUT2D eigenvalue weighted by molar-refractivity contribution is -0.123. The highest BCUT2D eigenvalue weighted by molar-refractivity contribution is 5.96. The molecule has 1 aromatic carbocycles. The molecule has 2 aliphatic carbocycles. The highest BCUT2D eigenvalue weighted by Crippen LogP contribution is 2.35. The number of hydrogen-bond acceptors (Lipinski definition) is 5. The molecule has 1 N–H and O–H groups in total. The van der Waals surface area contributed by atoms with Crippen molar-refractivity contribution in [2.45, 2.75) is 63.2 Å². The van der Waals surface area contributed by atoms with Crippen LogP contribution >= 0.6 is 0 Å². The minimum atomic E-state index is -0.147. The van der Waals surface area contributed by atoms with Crippen molar-refractivity contribution < 1.29 is 23.8 Å². The van der Waals surface area contributed by atoms with Gasteiger partial charge in [0.2, 0.25) is 5.91 Å². The standard InChI is InChI=1S/C24H31NO5/c26-21(17-6-3-7-19(10-17)28-12-15-4-1-2-5-15)11-18-13-29-23-20(14-30-22(18)23)25-24(27)16-8-9-16/h3,6-7,10,15-16,18,20,22-23H,1-2,4-5,8-9,11-14H2,(H,25,27)/t18-,20-,22+,23+/m0/s1. The van der Waals surface area contributed by atoms with Gasteiger partial charge in [0.05, 0.1) is 32.0 Å². The third-order valence-electron chi connectivity index (χ3n) is 7.00. The van der Waals surface area contributed by atoms with E-state index in [0.717, 1.165) is 25.2 Å². The molecule has 4 atom stereocenters. The van der Waals surface area contributed by atoms with Crippen LogP contribution in [0.15, 0.2) is 24.3 Å². The number of nitrogens with one attached hydrogen (secondary N) is 1. The number of Topliss-reactive ketones (excluding diaryl/α,β-unsaturated/α-hetero) is 1. The van der Waals surface area contributed by atoms with E-state index < -0.39 is 0 Å². The van der Waals surface area contributed by atoms with Crippen LogP contribution in [0, 0.1) is 17.8 Å². The number of benzene rings is 1. The van der Waals surface area contributed by atoms with Gasteiger partial charge in [0.15, 0.2) is 5.78 Å². The first-order valence-corrected chi connectivity index (χ1v) is 11.5. The zero-order chi connectivity index (χ0) is 20.5.